The van der Waals surface area contributed by atoms with Crippen LogP contribution in [0.15, 0.2) is 103 Å². The van der Waals surface area contributed by atoms with Gasteiger partial charge in [0.1, 0.15) is 22.8 Å². The molecule has 5 rings (SSSR count). The van der Waals surface area contributed by atoms with E-state index < -0.39 is 23.4 Å². The fourth-order valence-electron chi connectivity index (χ4n) is 4.23. The molecule has 2 heterocycles. The molecule has 41 heavy (non-hydrogen) atoms. The summed E-state index contributed by atoms with van der Waals surface area (Å²) in [5.74, 6) is -2.33. The second kappa shape index (κ2) is 11.7. The Balaban J connectivity index is 1.36. The van der Waals surface area contributed by atoms with Crippen molar-refractivity contribution < 1.29 is 23.1 Å². The molecule has 0 saturated heterocycles. The number of nitrogens with one attached hydrogen (secondary N) is 4. The number of carbonyl (C=O) groups is 2. The van der Waals surface area contributed by atoms with Gasteiger partial charge in [-0.3, -0.25) is 9.59 Å². The van der Waals surface area contributed by atoms with Crippen molar-refractivity contribution in [2.24, 2.45) is 0 Å². The first-order valence-corrected chi connectivity index (χ1v) is 12.6. The van der Waals surface area contributed by atoms with Gasteiger partial charge in [0.05, 0.1) is 5.39 Å². The third kappa shape index (κ3) is 5.91. The summed E-state index contributed by atoms with van der Waals surface area (Å²) in [5.41, 5.74) is 2.86. The van der Waals surface area contributed by atoms with Crippen molar-refractivity contribution in [2.75, 3.05) is 17.7 Å². The first-order valence-electron chi connectivity index (χ1n) is 12.6. The lowest BCUT2D eigenvalue weighted by molar-refractivity contribution is -0.118. The van der Waals surface area contributed by atoms with Gasteiger partial charge in [0.25, 0.3) is 11.8 Å². The molecule has 0 saturated carbocycles. The van der Waals surface area contributed by atoms with Gasteiger partial charge in [0, 0.05) is 48.1 Å². The smallest absolute Gasteiger partial charge is 0.263 e. The average Bonchev–Trinajstić information content (AvgIpc) is 3.41. The third-order valence-electron chi connectivity index (χ3n) is 6.34. The predicted molar refractivity (Wildman–Crippen MR) is 153 cm³/mol. The number of amides is 2. The highest BCUT2D eigenvalue weighted by Crippen LogP contribution is 2.37. The Morgan fingerprint density at radius 2 is 1.54 bits per heavy atom. The van der Waals surface area contributed by atoms with Gasteiger partial charge in [-0.15, -0.1) is 0 Å². The molecule has 4 N–H and O–H groups in total. The van der Waals surface area contributed by atoms with Crippen LogP contribution in [0.1, 0.15) is 6.92 Å². The number of halogens is 2. The molecule has 0 unspecified atom stereocenters. The van der Waals surface area contributed by atoms with Gasteiger partial charge >= 0.3 is 0 Å². The van der Waals surface area contributed by atoms with Crippen LogP contribution in [0.25, 0.3) is 22.2 Å². The average molecular weight is 554 g/mol. The maximum Gasteiger partial charge on any atom is 0.263 e. The summed E-state index contributed by atoms with van der Waals surface area (Å²) >= 11 is 0. The van der Waals surface area contributed by atoms with Crippen molar-refractivity contribution in [2.45, 2.75) is 6.92 Å². The van der Waals surface area contributed by atoms with E-state index in [2.05, 4.69) is 25.9 Å². The summed E-state index contributed by atoms with van der Waals surface area (Å²) in [7, 11) is 1.56. The van der Waals surface area contributed by atoms with E-state index in [9.17, 15) is 14.0 Å². The number of fused-ring (bicyclic) bond motifs is 1. The number of anilines is 2. The molecule has 0 fully saturated rings. The zero-order chi connectivity index (χ0) is 28.9. The lowest BCUT2D eigenvalue weighted by Crippen LogP contribution is -2.29. The van der Waals surface area contributed by atoms with Gasteiger partial charge in [0.15, 0.2) is 11.6 Å². The molecule has 0 radical (unpaired) electrons. The minimum Gasteiger partial charge on any atom is -0.453 e. The number of benzene rings is 3. The molecular formula is C31H25F2N5O3. The van der Waals surface area contributed by atoms with Gasteiger partial charge < -0.3 is 25.7 Å². The van der Waals surface area contributed by atoms with Crippen LogP contribution in [-0.4, -0.2) is 28.8 Å². The van der Waals surface area contributed by atoms with E-state index in [0.29, 0.717) is 22.5 Å². The molecule has 0 atom stereocenters. The molecule has 0 aliphatic rings. The molecule has 206 valence electrons. The molecule has 2 amide bonds. The van der Waals surface area contributed by atoms with Gasteiger partial charge in [0.2, 0.25) is 0 Å². The molecule has 0 bridgehead atoms. The van der Waals surface area contributed by atoms with E-state index in [1.807, 2.05) is 36.5 Å². The van der Waals surface area contributed by atoms with Crippen LogP contribution in [-0.2, 0) is 9.59 Å². The standard InChI is InChI=1S/C31H25F2N5O3/c1-18(34-2)27(30(39)37-21-10-8-20(32)9-11-21)31(40)38-22-12-13-25(24(33)16-22)41-26-14-15-35-29-28(26)23(17-36-29)19-6-4-3-5-7-19/h3-17,34H,1-2H3,(H,35,36)(H,37,39)(H,38,40)/b27-18+. The van der Waals surface area contributed by atoms with Gasteiger partial charge in [-0.2, -0.15) is 0 Å². The van der Waals surface area contributed by atoms with Crippen LogP contribution in [0.5, 0.6) is 11.5 Å². The molecule has 3 aromatic carbocycles. The predicted octanol–water partition coefficient (Wildman–Crippen LogP) is 6.37. The number of ether oxygens (including phenoxy) is 1. The Morgan fingerprint density at radius 1 is 0.854 bits per heavy atom. The Hall–Kier alpha value is -5.51. The number of H-pyrrole nitrogens is 1. The van der Waals surface area contributed by atoms with Crippen molar-refractivity contribution in [3.05, 3.63) is 114 Å². The summed E-state index contributed by atoms with van der Waals surface area (Å²) in [6.45, 7) is 1.55. The first kappa shape index (κ1) is 27.1. The van der Waals surface area contributed by atoms with E-state index in [1.54, 1.807) is 26.2 Å². The number of aromatic nitrogens is 2. The number of carbonyl (C=O) groups excluding carboxylic acids is 2. The third-order valence-corrected chi connectivity index (χ3v) is 6.34. The molecule has 10 heteroatoms. The number of pyridine rings is 1. The quantitative estimate of drug-likeness (QED) is 0.101. The molecule has 5 aromatic rings. The van der Waals surface area contributed by atoms with Crippen molar-refractivity contribution in [3.63, 3.8) is 0 Å². The van der Waals surface area contributed by atoms with Gasteiger partial charge in [-0.05, 0) is 55.0 Å². The molecule has 0 aliphatic heterocycles. The minimum atomic E-state index is -0.764. The fourth-order valence-corrected chi connectivity index (χ4v) is 4.23. The molecule has 2 aromatic heterocycles. The molecule has 0 spiro atoms. The van der Waals surface area contributed by atoms with Crippen LogP contribution in [0.3, 0.4) is 0 Å². The summed E-state index contributed by atoms with van der Waals surface area (Å²) in [4.78, 5) is 33.4. The monoisotopic (exact) mass is 553 g/mol. The molecular weight excluding hydrogens is 528 g/mol. The normalized spacial score (nSPS) is 11.5. The first-order chi connectivity index (χ1) is 19.8. The summed E-state index contributed by atoms with van der Waals surface area (Å²) in [6, 6.07) is 20.4. The van der Waals surface area contributed by atoms with Crippen LogP contribution < -0.4 is 20.7 Å². The number of allylic oxidation sites excluding steroid dienone is 1. The van der Waals surface area contributed by atoms with Crippen molar-refractivity contribution in [3.8, 4) is 22.6 Å². The lowest BCUT2D eigenvalue weighted by Gasteiger charge is -2.14. The van der Waals surface area contributed by atoms with Crippen molar-refractivity contribution in [1.29, 1.82) is 0 Å². The second-order valence-electron chi connectivity index (χ2n) is 9.01. The SMILES string of the molecule is CN/C(C)=C(\C(=O)Nc1ccc(F)cc1)C(=O)Nc1ccc(Oc2ccnc3[nH]cc(-c4ccccc4)c23)c(F)c1. The van der Waals surface area contributed by atoms with Crippen LogP contribution >= 0.6 is 0 Å². The van der Waals surface area contributed by atoms with Crippen LogP contribution in [0, 0.1) is 11.6 Å². The van der Waals surface area contributed by atoms with Gasteiger partial charge in [-0.1, -0.05) is 30.3 Å². The second-order valence-corrected chi connectivity index (χ2v) is 9.01. The topological polar surface area (TPSA) is 108 Å². The highest BCUT2D eigenvalue weighted by molar-refractivity contribution is 6.26. The van der Waals surface area contributed by atoms with E-state index in [0.717, 1.165) is 17.2 Å². The zero-order valence-corrected chi connectivity index (χ0v) is 22.1. The minimum absolute atomic E-state index is 0.0630. The Morgan fingerprint density at radius 3 is 2.22 bits per heavy atom. The summed E-state index contributed by atoms with van der Waals surface area (Å²) in [6.07, 6.45) is 3.38. The zero-order valence-electron chi connectivity index (χ0n) is 22.1. The van der Waals surface area contributed by atoms with Crippen LogP contribution in [0.2, 0.25) is 0 Å². The Kier molecular flexibility index (Phi) is 7.73. The number of hydrogen-bond donors (Lipinski definition) is 4. The van der Waals surface area contributed by atoms with Crippen molar-refractivity contribution in [1.82, 2.24) is 15.3 Å². The van der Waals surface area contributed by atoms with E-state index in [-0.39, 0.29) is 22.7 Å². The van der Waals surface area contributed by atoms with Crippen LogP contribution in [0.4, 0.5) is 20.2 Å². The lowest BCUT2D eigenvalue weighted by atomic mass is 10.1. The number of nitrogens with zero attached hydrogens (tertiary/aromatic N) is 1. The highest BCUT2D eigenvalue weighted by atomic mass is 19.1. The maximum absolute atomic E-state index is 15.2. The number of aromatic amines is 1. The van der Waals surface area contributed by atoms with E-state index in [4.69, 9.17) is 4.74 Å². The molecule has 8 nitrogen and oxygen atoms in total. The maximum atomic E-state index is 15.2. The van der Waals surface area contributed by atoms with Gasteiger partial charge in [-0.25, -0.2) is 13.8 Å². The Bertz CT molecular complexity index is 1770. The largest absolute Gasteiger partial charge is 0.453 e. The Labute approximate surface area is 234 Å². The van der Waals surface area contributed by atoms with E-state index in [1.165, 1.54) is 36.4 Å². The van der Waals surface area contributed by atoms with Crippen molar-refractivity contribution >= 4 is 34.2 Å². The number of hydrogen-bond acceptors (Lipinski definition) is 5. The summed E-state index contributed by atoms with van der Waals surface area (Å²) < 4.78 is 34.4. The fraction of sp³-hybridized carbons (Fsp3) is 0.0645. The highest BCUT2D eigenvalue weighted by Gasteiger charge is 2.22. The number of rotatable bonds is 8. The molecule has 0 aliphatic carbocycles. The summed E-state index contributed by atoms with van der Waals surface area (Å²) in [5, 5.41) is 8.59. The van der Waals surface area contributed by atoms with E-state index >= 15 is 4.39 Å².